The molecule has 1 aliphatic rings. The van der Waals surface area contributed by atoms with Crippen molar-refractivity contribution in [3.05, 3.63) is 29.8 Å². The Morgan fingerprint density at radius 2 is 1.51 bits per heavy atom. The predicted octanol–water partition coefficient (Wildman–Crippen LogP) is 2.75. The molecule has 1 unspecified atom stereocenters. The van der Waals surface area contributed by atoms with Gasteiger partial charge in [0.05, 0.1) is 10.9 Å². The zero-order chi connectivity index (χ0) is 26.4. The molecule has 2 rings (SSSR count). The quantitative estimate of drug-likeness (QED) is 0.302. The molecule has 1 atom stereocenters. The number of thioether (sulfide) groups is 1. The summed E-state index contributed by atoms with van der Waals surface area (Å²) in [6.45, 7) is 10.7. The summed E-state index contributed by atoms with van der Waals surface area (Å²) in [5.41, 5.74) is 3.62. The van der Waals surface area contributed by atoms with Crippen LogP contribution in [0.15, 0.2) is 24.3 Å². The fourth-order valence-corrected chi connectivity index (χ4v) is 3.93. The molecule has 1 aromatic carbocycles. The molecule has 1 saturated heterocycles. The molecule has 0 aromatic heterocycles. The molecule has 0 radical (unpaired) electrons. The van der Waals surface area contributed by atoms with Crippen molar-refractivity contribution < 1.29 is 33.4 Å². The minimum Gasteiger partial charge on any atom is -0.444 e. The van der Waals surface area contributed by atoms with Crippen LogP contribution >= 0.6 is 11.8 Å². The number of imide groups is 1. The normalized spacial score (nSPS) is 16.1. The first kappa shape index (κ1) is 28.0. The number of hydrogen-bond acceptors (Lipinski definition) is 8. The van der Waals surface area contributed by atoms with Crippen LogP contribution < -0.4 is 21.1 Å². The van der Waals surface area contributed by atoms with E-state index in [0.29, 0.717) is 18.0 Å². The molecule has 192 valence electrons. The minimum atomic E-state index is -0.805. The summed E-state index contributed by atoms with van der Waals surface area (Å²) in [5.74, 6) is -0.870. The predicted molar refractivity (Wildman–Crippen MR) is 131 cm³/mol. The van der Waals surface area contributed by atoms with Crippen molar-refractivity contribution in [1.29, 1.82) is 0 Å². The Labute approximate surface area is 208 Å². The molecule has 35 heavy (non-hydrogen) atoms. The number of hydrazine groups is 1. The van der Waals surface area contributed by atoms with Crippen LogP contribution in [0, 0.1) is 0 Å². The van der Waals surface area contributed by atoms with E-state index in [9.17, 15) is 24.0 Å². The van der Waals surface area contributed by atoms with Crippen LogP contribution in [0.4, 0.5) is 15.3 Å². The summed E-state index contributed by atoms with van der Waals surface area (Å²) in [6, 6.07) is 5.84. The van der Waals surface area contributed by atoms with Gasteiger partial charge in [0.15, 0.2) is 0 Å². The van der Waals surface area contributed by atoms with Gasteiger partial charge in [-0.3, -0.25) is 19.8 Å². The molecule has 0 aliphatic carbocycles. The van der Waals surface area contributed by atoms with Crippen molar-refractivity contribution in [3.8, 4) is 0 Å². The van der Waals surface area contributed by atoms with E-state index in [1.54, 1.807) is 41.5 Å². The van der Waals surface area contributed by atoms with Gasteiger partial charge in [-0.1, -0.05) is 0 Å². The van der Waals surface area contributed by atoms with Crippen LogP contribution in [0.2, 0.25) is 0 Å². The van der Waals surface area contributed by atoms with E-state index >= 15 is 0 Å². The van der Waals surface area contributed by atoms with Gasteiger partial charge >= 0.3 is 12.2 Å². The summed E-state index contributed by atoms with van der Waals surface area (Å²) in [6.07, 6.45) is -1.31. The number of anilines is 1. The fourth-order valence-electron chi connectivity index (χ4n) is 2.92. The monoisotopic (exact) mass is 508 g/mol. The first-order valence-corrected chi connectivity index (χ1v) is 12.1. The lowest BCUT2D eigenvalue weighted by Crippen LogP contribution is -2.44. The number of nitrogens with zero attached hydrogens (tertiary/aromatic N) is 1. The molecular weight excluding hydrogens is 476 g/mol. The van der Waals surface area contributed by atoms with E-state index in [4.69, 9.17) is 9.47 Å². The second-order valence-electron chi connectivity index (χ2n) is 9.69. The van der Waals surface area contributed by atoms with E-state index < -0.39 is 34.5 Å². The van der Waals surface area contributed by atoms with Gasteiger partial charge in [0, 0.05) is 24.3 Å². The molecule has 12 heteroatoms. The van der Waals surface area contributed by atoms with Gasteiger partial charge in [-0.2, -0.15) is 0 Å². The number of rotatable bonds is 6. The third kappa shape index (κ3) is 9.12. The number of carbonyl (C=O) groups is 5. The zero-order valence-electron chi connectivity index (χ0n) is 20.7. The van der Waals surface area contributed by atoms with E-state index in [2.05, 4.69) is 16.2 Å². The third-order valence-electron chi connectivity index (χ3n) is 4.26. The Morgan fingerprint density at radius 1 is 0.943 bits per heavy atom. The second-order valence-corrected chi connectivity index (χ2v) is 11.0. The zero-order valence-corrected chi connectivity index (χ0v) is 21.5. The highest BCUT2D eigenvalue weighted by molar-refractivity contribution is 8.00. The van der Waals surface area contributed by atoms with Crippen LogP contribution in [0.25, 0.3) is 0 Å². The average Bonchev–Trinajstić information content (AvgIpc) is 3.00. The smallest absolute Gasteiger partial charge is 0.426 e. The maximum absolute atomic E-state index is 12.8. The Bertz CT molecular complexity index is 968. The van der Waals surface area contributed by atoms with Crippen LogP contribution in [-0.2, 0) is 19.1 Å². The highest BCUT2D eigenvalue weighted by Gasteiger charge is 2.39. The molecule has 0 bridgehead atoms. The Kier molecular flexibility index (Phi) is 9.13. The first-order chi connectivity index (χ1) is 16.2. The van der Waals surface area contributed by atoms with Gasteiger partial charge in [0.1, 0.15) is 11.2 Å². The van der Waals surface area contributed by atoms with Crippen LogP contribution in [0.5, 0.6) is 0 Å². The average molecular weight is 509 g/mol. The largest absolute Gasteiger partial charge is 0.444 e. The van der Waals surface area contributed by atoms with E-state index in [1.807, 2.05) is 0 Å². The Hall–Kier alpha value is -3.28. The molecule has 1 fully saturated rings. The van der Waals surface area contributed by atoms with E-state index in [-0.39, 0.29) is 23.8 Å². The molecular formula is C23H32N4O7S. The molecule has 3 N–H and O–H groups in total. The molecule has 1 aliphatic heterocycles. The van der Waals surface area contributed by atoms with Gasteiger partial charge in [-0.15, -0.1) is 11.8 Å². The lowest BCUT2D eigenvalue weighted by Gasteiger charge is -2.20. The highest BCUT2D eigenvalue weighted by Crippen LogP contribution is 2.29. The minimum absolute atomic E-state index is 0.0397. The topological polar surface area (TPSA) is 143 Å². The molecule has 1 heterocycles. The van der Waals surface area contributed by atoms with Crippen molar-refractivity contribution in [2.75, 3.05) is 17.2 Å². The van der Waals surface area contributed by atoms with Crippen molar-refractivity contribution in [2.24, 2.45) is 0 Å². The lowest BCUT2D eigenvalue weighted by atomic mass is 10.2. The SMILES string of the molecule is CC(C)(C)OC(=O)NCCSC1CC(=O)N(c2ccc(C(=O)NNC(=O)OC(C)(C)C)cc2)C1=O. The van der Waals surface area contributed by atoms with Crippen LogP contribution in [0.3, 0.4) is 0 Å². The Balaban J connectivity index is 1.86. The lowest BCUT2D eigenvalue weighted by molar-refractivity contribution is -0.121. The number of nitrogens with one attached hydrogen (secondary N) is 3. The van der Waals surface area contributed by atoms with Crippen molar-refractivity contribution in [3.63, 3.8) is 0 Å². The van der Waals surface area contributed by atoms with Gasteiger partial charge in [0.2, 0.25) is 11.8 Å². The van der Waals surface area contributed by atoms with Gasteiger partial charge in [0.25, 0.3) is 5.91 Å². The maximum Gasteiger partial charge on any atom is 0.426 e. The van der Waals surface area contributed by atoms with Gasteiger partial charge < -0.3 is 14.8 Å². The molecule has 1 aromatic rings. The summed E-state index contributed by atoms with van der Waals surface area (Å²) in [5, 5.41) is 2.05. The van der Waals surface area contributed by atoms with Crippen molar-refractivity contribution >= 4 is 47.4 Å². The molecule has 0 saturated carbocycles. The number of carbonyl (C=O) groups excluding carboxylic acids is 5. The number of alkyl carbamates (subject to hydrolysis) is 1. The number of hydrogen-bond donors (Lipinski definition) is 3. The number of benzene rings is 1. The van der Waals surface area contributed by atoms with Gasteiger partial charge in [-0.25, -0.2) is 19.9 Å². The van der Waals surface area contributed by atoms with E-state index in [0.717, 1.165) is 4.90 Å². The first-order valence-electron chi connectivity index (χ1n) is 11.0. The number of amides is 5. The van der Waals surface area contributed by atoms with Crippen LogP contribution in [0.1, 0.15) is 58.3 Å². The molecule has 0 spiro atoms. The van der Waals surface area contributed by atoms with Crippen LogP contribution in [-0.4, -0.2) is 58.7 Å². The summed E-state index contributed by atoms with van der Waals surface area (Å²) in [7, 11) is 0. The second kappa shape index (κ2) is 11.4. The Morgan fingerprint density at radius 3 is 2.09 bits per heavy atom. The fraction of sp³-hybridized carbons (Fsp3) is 0.522. The van der Waals surface area contributed by atoms with Crippen molar-refractivity contribution in [2.45, 2.75) is 64.4 Å². The third-order valence-corrected chi connectivity index (χ3v) is 5.47. The highest BCUT2D eigenvalue weighted by atomic mass is 32.2. The number of ether oxygens (including phenoxy) is 2. The maximum atomic E-state index is 12.8. The van der Waals surface area contributed by atoms with Gasteiger partial charge in [-0.05, 0) is 65.8 Å². The molecule has 5 amide bonds. The summed E-state index contributed by atoms with van der Waals surface area (Å²) >= 11 is 1.28. The molecule has 11 nitrogen and oxygen atoms in total. The summed E-state index contributed by atoms with van der Waals surface area (Å²) in [4.78, 5) is 61.9. The van der Waals surface area contributed by atoms with Crippen molar-refractivity contribution in [1.82, 2.24) is 16.2 Å². The van der Waals surface area contributed by atoms with E-state index in [1.165, 1.54) is 36.0 Å². The summed E-state index contributed by atoms with van der Waals surface area (Å²) < 4.78 is 10.2. The standard InChI is InChI=1S/C23H32N4O7S/c1-22(2,3)33-20(31)24-11-12-35-16-13-17(28)27(19(16)30)15-9-7-14(8-10-15)18(29)25-26-21(32)34-23(4,5)6/h7-10,16H,11-13H2,1-6H3,(H,24,31)(H,25,29)(H,26,32).